The highest BCUT2D eigenvalue weighted by molar-refractivity contribution is 7.92. The number of carbonyl (C=O) groups is 2. The van der Waals surface area contributed by atoms with Crippen LogP contribution < -0.4 is 9.62 Å². The molecule has 202 valence electrons. The number of hydrogen-bond acceptors (Lipinski definition) is 4. The minimum atomic E-state index is -4.10. The van der Waals surface area contributed by atoms with Crippen LogP contribution in [0.4, 0.5) is 5.69 Å². The summed E-state index contributed by atoms with van der Waals surface area (Å²) in [6.07, 6.45) is 1.75. The summed E-state index contributed by atoms with van der Waals surface area (Å²) < 4.78 is 28.5. The Labute approximate surface area is 230 Å². The van der Waals surface area contributed by atoms with Crippen molar-refractivity contribution in [3.05, 3.63) is 95.0 Å². The molecule has 1 N–H and O–H groups in total. The van der Waals surface area contributed by atoms with Crippen molar-refractivity contribution in [2.45, 2.75) is 51.1 Å². The van der Waals surface area contributed by atoms with Crippen LogP contribution in [-0.2, 0) is 26.2 Å². The van der Waals surface area contributed by atoms with Crippen LogP contribution in [0.2, 0.25) is 5.02 Å². The van der Waals surface area contributed by atoms with E-state index in [1.165, 1.54) is 17.0 Å². The molecule has 3 aromatic rings. The molecule has 0 spiro atoms. The van der Waals surface area contributed by atoms with Crippen LogP contribution in [0.25, 0.3) is 0 Å². The molecule has 0 aromatic heterocycles. The number of benzene rings is 3. The van der Waals surface area contributed by atoms with Gasteiger partial charge in [0, 0.05) is 18.1 Å². The third kappa shape index (κ3) is 7.58. The zero-order valence-corrected chi connectivity index (χ0v) is 23.5. The van der Waals surface area contributed by atoms with E-state index in [1.807, 2.05) is 38.1 Å². The SMILES string of the molecule is CCCCNC(=O)[C@H](C)N(Cc1cccc(C)c1)C(=O)CN(c1ccc(Cl)cc1)S(=O)(=O)c1ccccc1. The van der Waals surface area contributed by atoms with Crippen LogP contribution in [0.1, 0.15) is 37.8 Å². The van der Waals surface area contributed by atoms with Gasteiger partial charge >= 0.3 is 0 Å². The Morgan fingerprint density at radius 2 is 1.66 bits per heavy atom. The second-order valence-corrected chi connectivity index (χ2v) is 11.4. The molecule has 9 heteroatoms. The predicted molar refractivity (Wildman–Crippen MR) is 152 cm³/mol. The molecule has 7 nitrogen and oxygen atoms in total. The van der Waals surface area contributed by atoms with Crippen LogP contribution in [0.3, 0.4) is 0 Å². The molecule has 3 aromatic carbocycles. The van der Waals surface area contributed by atoms with Gasteiger partial charge in [-0.05, 0) is 62.2 Å². The van der Waals surface area contributed by atoms with E-state index in [-0.39, 0.29) is 17.3 Å². The van der Waals surface area contributed by atoms with Gasteiger partial charge in [-0.15, -0.1) is 0 Å². The van der Waals surface area contributed by atoms with Gasteiger partial charge in [-0.3, -0.25) is 13.9 Å². The first-order valence-corrected chi connectivity index (χ1v) is 14.4. The summed E-state index contributed by atoms with van der Waals surface area (Å²) >= 11 is 6.05. The molecular weight excluding hydrogens is 522 g/mol. The lowest BCUT2D eigenvalue weighted by molar-refractivity contribution is -0.139. The molecular formula is C29H34ClN3O4S. The van der Waals surface area contributed by atoms with E-state index in [4.69, 9.17) is 11.6 Å². The fourth-order valence-corrected chi connectivity index (χ4v) is 5.54. The zero-order chi connectivity index (χ0) is 27.7. The average molecular weight is 556 g/mol. The van der Waals surface area contributed by atoms with Gasteiger partial charge in [-0.2, -0.15) is 0 Å². The minimum Gasteiger partial charge on any atom is -0.354 e. The lowest BCUT2D eigenvalue weighted by Gasteiger charge is -2.32. The van der Waals surface area contributed by atoms with Crippen LogP contribution in [0.15, 0.2) is 83.8 Å². The van der Waals surface area contributed by atoms with Crippen LogP contribution >= 0.6 is 11.6 Å². The Morgan fingerprint density at radius 1 is 0.974 bits per heavy atom. The van der Waals surface area contributed by atoms with Gasteiger partial charge in [0.25, 0.3) is 10.0 Å². The van der Waals surface area contributed by atoms with Gasteiger partial charge in [0.15, 0.2) is 0 Å². The molecule has 0 saturated heterocycles. The van der Waals surface area contributed by atoms with E-state index in [1.54, 1.807) is 49.4 Å². The van der Waals surface area contributed by atoms with E-state index in [0.717, 1.165) is 28.3 Å². The van der Waals surface area contributed by atoms with Gasteiger partial charge in [0.1, 0.15) is 12.6 Å². The lowest BCUT2D eigenvalue weighted by atomic mass is 10.1. The smallest absolute Gasteiger partial charge is 0.264 e. The van der Waals surface area contributed by atoms with Crippen molar-refractivity contribution in [2.75, 3.05) is 17.4 Å². The fraction of sp³-hybridized carbons (Fsp3) is 0.310. The Hall–Kier alpha value is -3.36. The average Bonchev–Trinajstić information content (AvgIpc) is 2.91. The van der Waals surface area contributed by atoms with Crippen molar-refractivity contribution in [1.29, 1.82) is 0 Å². The fourth-order valence-electron chi connectivity index (χ4n) is 3.98. The topological polar surface area (TPSA) is 86.8 Å². The summed E-state index contributed by atoms with van der Waals surface area (Å²) in [5.74, 6) is -0.789. The first kappa shape index (κ1) is 29.2. The Balaban J connectivity index is 1.98. The number of amides is 2. The van der Waals surface area contributed by atoms with E-state index < -0.39 is 28.5 Å². The number of nitrogens with one attached hydrogen (secondary N) is 1. The quantitative estimate of drug-likeness (QED) is 0.312. The number of sulfonamides is 1. The molecule has 0 heterocycles. The number of rotatable bonds is 12. The van der Waals surface area contributed by atoms with E-state index in [0.29, 0.717) is 17.3 Å². The van der Waals surface area contributed by atoms with Crippen molar-refractivity contribution in [3.63, 3.8) is 0 Å². The number of hydrogen-bond donors (Lipinski definition) is 1. The predicted octanol–water partition coefficient (Wildman–Crippen LogP) is 5.18. The van der Waals surface area contributed by atoms with E-state index >= 15 is 0 Å². The zero-order valence-electron chi connectivity index (χ0n) is 21.9. The first-order chi connectivity index (χ1) is 18.1. The van der Waals surface area contributed by atoms with Gasteiger partial charge < -0.3 is 10.2 Å². The van der Waals surface area contributed by atoms with E-state index in [2.05, 4.69) is 5.32 Å². The number of anilines is 1. The summed E-state index contributed by atoms with van der Waals surface area (Å²) in [5, 5.41) is 3.32. The van der Waals surface area contributed by atoms with Crippen molar-refractivity contribution in [1.82, 2.24) is 10.2 Å². The highest BCUT2D eigenvalue weighted by Crippen LogP contribution is 2.26. The molecule has 0 aliphatic carbocycles. The monoisotopic (exact) mass is 555 g/mol. The molecule has 0 bridgehead atoms. The number of unbranched alkanes of at least 4 members (excludes halogenated alkanes) is 1. The third-order valence-corrected chi connectivity index (χ3v) is 8.20. The molecule has 0 saturated carbocycles. The highest BCUT2D eigenvalue weighted by atomic mass is 35.5. The minimum absolute atomic E-state index is 0.0540. The standard InChI is InChI=1S/C29H34ClN3O4S/c1-4-5-18-31-29(35)23(3)32(20-24-11-9-10-22(2)19-24)28(34)21-33(26-16-14-25(30)15-17-26)38(36,37)27-12-7-6-8-13-27/h6-17,19,23H,4-5,18,20-21H2,1-3H3,(H,31,35)/t23-/m0/s1. The summed E-state index contributed by atoms with van der Waals surface area (Å²) in [6.45, 7) is 5.81. The molecule has 3 rings (SSSR count). The Kier molecular flexibility index (Phi) is 10.3. The van der Waals surface area contributed by atoms with Crippen LogP contribution in [-0.4, -0.2) is 44.3 Å². The summed E-state index contributed by atoms with van der Waals surface area (Å²) in [4.78, 5) is 28.3. The number of halogens is 1. The number of aryl methyl sites for hydroxylation is 1. The normalized spacial score (nSPS) is 12.0. The second kappa shape index (κ2) is 13.4. The summed E-state index contributed by atoms with van der Waals surface area (Å²) in [7, 11) is -4.10. The first-order valence-electron chi connectivity index (χ1n) is 12.6. The van der Waals surface area contributed by atoms with E-state index in [9.17, 15) is 18.0 Å². The van der Waals surface area contributed by atoms with Gasteiger partial charge in [0.05, 0.1) is 10.6 Å². The molecule has 0 unspecified atom stereocenters. The molecule has 0 aliphatic rings. The summed E-state index contributed by atoms with van der Waals surface area (Å²) in [5.41, 5.74) is 2.15. The second-order valence-electron chi connectivity index (χ2n) is 9.13. The maximum Gasteiger partial charge on any atom is 0.264 e. The maximum atomic E-state index is 13.9. The van der Waals surface area contributed by atoms with Gasteiger partial charge in [-0.25, -0.2) is 8.42 Å². The summed E-state index contributed by atoms with van der Waals surface area (Å²) in [6, 6.07) is 21.1. The molecule has 0 radical (unpaired) electrons. The molecule has 2 amide bonds. The molecule has 0 fully saturated rings. The van der Waals surface area contributed by atoms with Crippen molar-refractivity contribution >= 4 is 39.1 Å². The number of nitrogens with zero attached hydrogens (tertiary/aromatic N) is 2. The van der Waals surface area contributed by atoms with Crippen LogP contribution in [0, 0.1) is 6.92 Å². The van der Waals surface area contributed by atoms with Crippen molar-refractivity contribution in [2.24, 2.45) is 0 Å². The van der Waals surface area contributed by atoms with Crippen molar-refractivity contribution in [3.8, 4) is 0 Å². The molecule has 1 atom stereocenters. The van der Waals surface area contributed by atoms with Gasteiger partial charge in [0.2, 0.25) is 11.8 Å². The molecule has 0 aliphatic heterocycles. The largest absolute Gasteiger partial charge is 0.354 e. The Morgan fingerprint density at radius 3 is 2.29 bits per heavy atom. The van der Waals surface area contributed by atoms with Crippen LogP contribution in [0.5, 0.6) is 0 Å². The Bertz CT molecular complexity index is 1330. The molecule has 38 heavy (non-hydrogen) atoms. The number of carbonyl (C=O) groups excluding carboxylic acids is 2. The van der Waals surface area contributed by atoms with Gasteiger partial charge in [-0.1, -0.05) is 73.0 Å². The highest BCUT2D eigenvalue weighted by Gasteiger charge is 2.32. The van der Waals surface area contributed by atoms with Crippen molar-refractivity contribution < 1.29 is 18.0 Å². The maximum absolute atomic E-state index is 13.9. The lowest BCUT2D eigenvalue weighted by Crippen LogP contribution is -2.51. The third-order valence-electron chi connectivity index (χ3n) is 6.16.